The van der Waals surface area contributed by atoms with Crippen molar-refractivity contribution in [2.24, 2.45) is 0 Å². The summed E-state index contributed by atoms with van der Waals surface area (Å²) in [4.78, 5) is 2.70. The maximum atomic E-state index is 13.1. The predicted octanol–water partition coefficient (Wildman–Crippen LogP) is 6.13. The molecule has 0 atom stereocenters. The maximum Gasteiger partial charge on any atom is 0.267 e. The van der Waals surface area contributed by atoms with E-state index in [1.807, 2.05) is 24.3 Å². The molecule has 0 fully saturated rings. The number of aryl methyl sites for hydroxylation is 1. The van der Waals surface area contributed by atoms with Crippen molar-refractivity contribution < 1.29 is 8.42 Å². The molecule has 3 nitrogen and oxygen atoms in total. The molecule has 0 N–H and O–H groups in total. The lowest BCUT2D eigenvalue weighted by Crippen LogP contribution is -2.17. The highest BCUT2D eigenvalue weighted by molar-refractivity contribution is 8.20. The smallest absolute Gasteiger partial charge is 0.249 e. The van der Waals surface area contributed by atoms with E-state index in [-0.39, 0.29) is 4.90 Å². The fourth-order valence-corrected chi connectivity index (χ4v) is 7.97. The standard InChI is InChI=1S/C24H19NO2S3/c1-18-11-13-19(14-12-18)24(28-22-9-5-6-10-23(22)29-24)20-15-16-25(17-20)30(26,27)21-7-3-2-4-8-21/h2-17H,1H3. The van der Waals surface area contributed by atoms with Gasteiger partial charge in [0.1, 0.15) is 4.08 Å². The van der Waals surface area contributed by atoms with Crippen LogP contribution in [0, 0.1) is 6.92 Å². The number of thioether (sulfide) groups is 2. The summed E-state index contributed by atoms with van der Waals surface area (Å²) in [6.07, 6.45) is 3.41. The molecule has 0 saturated carbocycles. The highest BCUT2D eigenvalue weighted by atomic mass is 32.2. The lowest BCUT2D eigenvalue weighted by molar-refractivity contribution is 0.587. The SMILES string of the molecule is Cc1ccc(C2(c3ccn(S(=O)(=O)c4ccccc4)c3)Sc3ccccc3S2)cc1. The molecular formula is C24H19NO2S3. The minimum atomic E-state index is -3.63. The van der Waals surface area contributed by atoms with Crippen molar-refractivity contribution in [1.29, 1.82) is 0 Å². The molecule has 0 spiro atoms. The van der Waals surface area contributed by atoms with Crippen LogP contribution in [0.4, 0.5) is 0 Å². The maximum absolute atomic E-state index is 13.1. The Morgan fingerprint density at radius 3 is 1.97 bits per heavy atom. The van der Waals surface area contributed by atoms with Gasteiger partial charge in [-0.3, -0.25) is 0 Å². The van der Waals surface area contributed by atoms with Crippen LogP contribution in [0.15, 0.2) is 112 Å². The van der Waals surface area contributed by atoms with Gasteiger partial charge in [0, 0.05) is 27.7 Å². The van der Waals surface area contributed by atoms with E-state index >= 15 is 0 Å². The molecule has 0 amide bonds. The van der Waals surface area contributed by atoms with E-state index in [1.165, 1.54) is 19.3 Å². The Bertz CT molecular complexity index is 1290. The quantitative estimate of drug-likeness (QED) is 0.376. The molecule has 150 valence electrons. The third-order valence-electron chi connectivity index (χ3n) is 5.15. The van der Waals surface area contributed by atoms with Gasteiger partial charge in [0.2, 0.25) is 0 Å². The molecule has 2 heterocycles. The van der Waals surface area contributed by atoms with Crippen LogP contribution in [0.1, 0.15) is 16.7 Å². The fourth-order valence-electron chi connectivity index (χ4n) is 3.56. The first-order valence-electron chi connectivity index (χ1n) is 9.52. The Morgan fingerprint density at radius 1 is 0.733 bits per heavy atom. The van der Waals surface area contributed by atoms with Gasteiger partial charge in [-0.1, -0.05) is 83.7 Å². The van der Waals surface area contributed by atoms with E-state index in [4.69, 9.17) is 0 Å². The number of fused-ring (bicyclic) bond motifs is 1. The minimum Gasteiger partial charge on any atom is -0.249 e. The highest BCUT2D eigenvalue weighted by Gasteiger charge is 2.43. The zero-order valence-corrected chi connectivity index (χ0v) is 18.7. The van der Waals surface area contributed by atoms with Crippen LogP contribution in [0.3, 0.4) is 0 Å². The number of aromatic nitrogens is 1. The normalized spacial score (nSPS) is 15.1. The van der Waals surface area contributed by atoms with Crippen LogP contribution in [0.2, 0.25) is 0 Å². The average molecular weight is 450 g/mol. The summed E-state index contributed by atoms with van der Waals surface area (Å²) in [5.74, 6) is 0. The minimum absolute atomic E-state index is 0.284. The van der Waals surface area contributed by atoms with E-state index in [0.717, 1.165) is 11.1 Å². The molecule has 5 rings (SSSR count). The van der Waals surface area contributed by atoms with E-state index in [0.29, 0.717) is 0 Å². The zero-order chi connectivity index (χ0) is 20.8. The molecule has 0 aliphatic carbocycles. The lowest BCUT2D eigenvalue weighted by atomic mass is 10.0. The van der Waals surface area contributed by atoms with Crippen molar-refractivity contribution in [3.8, 4) is 0 Å². The third kappa shape index (κ3) is 3.20. The Labute approximate surface area is 185 Å². The Morgan fingerprint density at radius 2 is 1.33 bits per heavy atom. The summed E-state index contributed by atoms with van der Waals surface area (Å²) in [7, 11) is -3.63. The van der Waals surface area contributed by atoms with Crippen molar-refractivity contribution in [3.63, 3.8) is 0 Å². The van der Waals surface area contributed by atoms with Gasteiger partial charge in [-0.2, -0.15) is 0 Å². The summed E-state index contributed by atoms with van der Waals surface area (Å²) in [6, 6.07) is 27.3. The van der Waals surface area contributed by atoms with Gasteiger partial charge in [0.05, 0.1) is 4.90 Å². The summed E-state index contributed by atoms with van der Waals surface area (Å²) in [5, 5.41) is 0. The van der Waals surface area contributed by atoms with Crippen LogP contribution in [0.5, 0.6) is 0 Å². The predicted molar refractivity (Wildman–Crippen MR) is 124 cm³/mol. The van der Waals surface area contributed by atoms with Gasteiger partial charge < -0.3 is 0 Å². The van der Waals surface area contributed by atoms with Crippen LogP contribution >= 0.6 is 23.5 Å². The highest BCUT2D eigenvalue weighted by Crippen LogP contribution is 2.64. The van der Waals surface area contributed by atoms with E-state index in [1.54, 1.807) is 60.2 Å². The molecule has 0 saturated heterocycles. The number of rotatable bonds is 4. The largest absolute Gasteiger partial charge is 0.267 e. The first-order valence-corrected chi connectivity index (χ1v) is 12.6. The van der Waals surface area contributed by atoms with Gasteiger partial charge in [-0.05, 0) is 42.8 Å². The van der Waals surface area contributed by atoms with Gasteiger partial charge >= 0.3 is 0 Å². The van der Waals surface area contributed by atoms with Crippen LogP contribution < -0.4 is 0 Å². The van der Waals surface area contributed by atoms with E-state index in [9.17, 15) is 8.42 Å². The summed E-state index contributed by atoms with van der Waals surface area (Å²) >= 11 is 3.54. The Hall–Kier alpha value is -2.41. The topological polar surface area (TPSA) is 39.1 Å². The molecular weight excluding hydrogens is 430 g/mol. The van der Waals surface area contributed by atoms with Crippen molar-refractivity contribution in [3.05, 3.63) is 114 Å². The van der Waals surface area contributed by atoms with Crippen molar-refractivity contribution >= 4 is 33.5 Å². The second kappa shape index (κ2) is 7.38. The molecule has 1 aliphatic rings. The molecule has 0 unspecified atom stereocenters. The molecule has 0 radical (unpaired) electrons. The van der Waals surface area contributed by atoms with Crippen LogP contribution in [-0.2, 0) is 14.1 Å². The second-order valence-electron chi connectivity index (χ2n) is 7.18. The number of hydrogen-bond donors (Lipinski definition) is 0. The first-order chi connectivity index (χ1) is 14.5. The monoisotopic (exact) mass is 449 g/mol. The number of benzene rings is 3. The number of hydrogen-bond acceptors (Lipinski definition) is 4. The fraction of sp³-hybridized carbons (Fsp3) is 0.0833. The second-order valence-corrected chi connectivity index (χ2v) is 11.8. The van der Waals surface area contributed by atoms with Gasteiger partial charge in [0.15, 0.2) is 0 Å². The number of nitrogens with zero attached hydrogens (tertiary/aromatic N) is 1. The lowest BCUT2D eigenvalue weighted by Gasteiger charge is -2.27. The van der Waals surface area contributed by atoms with Crippen LogP contribution in [-0.4, -0.2) is 12.4 Å². The Balaban J connectivity index is 1.63. The van der Waals surface area contributed by atoms with E-state index in [2.05, 4.69) is 43.3 Å². The summed E-state index contributed by atoms with van der Waals surface area (Å²) in [5.41, 5.74) is 3.30. The van der Waals surface area contributed by atoms with Crippen molar-refractivity contribution in [2.75, 3.05) is 0 Å². The van der Waals surface area contributed by atoms with Crippen LogP contribution in [0.25, 0.3) is 0 Å². The zero-order valence-electron chi connectivity index (χ0n) is 16.2. The molecule has 1 aliphatic heterocycles. The van der Waals surface area contributed by atoms with Crippen molar-refractivity contribution in [1.82, 2.24) is 3.97 Å². The Kier molecular flexibility index (Phi) is 4.81. The molecule has 6 heteroatoms. The van der Waals surface area contributed by atoms with Gasteiger partial charge in [0.25, 0.3) is 10.0 Å². The summed E-state index contributed by atoms with van der Waals surface area (Å²) < 4.78 is 27.1. The molecule has 0 bridgehead atoms. The van der Waals surface area contributed by atoms with Gasteiger partial charge in [-0.25, -0.2) is 12.4 Å². The first kappa shape index (κ1) is 19.5. The van der Waals surface area contributed by atoms with Gasteiger partial charge in [-0.15, -0.1) is 0 Å². The van der Waals surface area contributed by atoms with Crippen molar-refractivity contribution in [2.45, 2.75) is 25.7 Å². The molecule has 3 aromatic carbocycles. The molecule has 1 aromatic heterocycles. The third-order valence-corrected chi connectivity index (χ3v) is 10.1. The average Bonchev–Trinajstić information content (AvgIpc) is 3.41. The molecule has 30 heavy (non-hydrogen) atoms. The summed E-state index contributed by atoms with van der Waals surface area (Å²) in [6.45, 7) is 2.07. The van der Waals surface area contributed by atoms with E-state index < -0.39 is 14.1 Å². The molecule has 4 aromatic rings.